The van der Waals surface area contributed by atoms with Gasteiger partial charge in [-0.1, -0.05) is 12.1 Å². The van der Waals surface area contributed by atoms with Crippen LogP contribution >= 0.6 is 0 Å². The van der Waals surface area contributed by atoms with Gasteiger partial charge in [0, 0.05) is 28.8 Å². The summed E-state index contributed by atoms with van der Waals surface area (Å²) in [4.78, 5) is 12.6. The lowest BCUT2D eigenvalue weighted by Crippen LogP contribution is -2.41. The van der Waals surface area contributed by atoms with Crippen molar-refractivity contribution >= 4 is 41.0 Å². The molecule has 2 fully saturated rings. The van der Waals surface area contributed by atoms with Crippen molar-refractivity contribution in [3.05, 3.63) is 83.1 Å². The molecule has 2 aromatic heterocycles. The highest BCUT2D eigenvalue weighted by molar-refractivity contribution is 7.80. The molecule has 2 aliphatic rings. The molecule has 1 atom stereocenters. The Bertz CT molecular complexity index is 1780. The number of primary amides is 1. The summed E-state index contributed by atoms with van der Waals surface area (Å²) in [5, 5.41) is 4.55. The van der Waals surface area contributed by atoms with Crippen LogP contribution in [0.15, 0.2) is 54.7 Å². The minimum atomic E-state index is -2.67. The summed E-state index contributed by atoms with van der Waals surface area (Å²) in [5.74, 6) is -1.54. The molecule has 4 aromatic rings. The maximum absolute atomic E-state index is 15.3. The van der Waals surface area contributed by atoms with Crippen molar-refractivity contribution in [3.8, 4) is 11.3 Å². The van der Waals surface area contributed by atoms with Crippen LogP contribution in [0.25, 0.3) is 16.8 Å². The highest BCUT2D eigenvalue weighted by Gasteiger charge is 2.52. The Morgan fingerprint density at radius 2 is 1.77 bits per heavy atom. The van der Waals surface area contributed by atoms with E-state index in [1.807, 2.05) is 27.7 Å². The third kappa shape index (κ3) is 5.53. The number of amides is 1. The molecule has 1 amide bonds. The molecule has 1 aliphatic heterocycles. The van der Waals surface area contributed by atoms with Crippen molar-refractivity contribution in [2.45, 2.75) is 64.1 Å². The number of halogens is 2. The Morgan fingerprint density at radius 1 is 1.11 bits per heavy atom. The highest BCUT2D eigenvalue weighted by Crippen LogP contribution is 2.46. The van der Waals surface area contributed by atoms with Crippen LogP contribution in [0.2, 0.25) is 0 Å². The van der Waals surface area contributed by atoms with E-state index in [1.54, 1.807) is 24.4 Å². The highest BCUT2D eigenvalue weighted by atomic mass is 32.2. The van der Waals surface area contributed by atoms with Gasteiger partial charge in [-0.05, 0) is 100 Å². The first-order valence-electron chi connectivity index (χ1n) is 14.4. The van der Waals surface area contributed by atoms with Crippen molar-refractivity contribution in [1.82, 2.24) is 9.61 Å². The number of hydrogen-bond donors (Lipinski definition) is 1. The van der Waals surface area contributed by atoms with Crippen LogP contribution < -0.4 is 15.5 Å². The second-order valence-electron chi connectivity index (χ2n) is 12.3. The van der Waals surface area contributed by atoms with Gasteiger partial charge >= 0.3 is 7.12 Å². The van der Waals surface area contributed by atoms with Gasteiger partial charge in [0.2, 0.25) is 0 Å². The Morgan fingerprint density at radius 3 is 2.34 bits per heavy atom. The lowest BCUT2D eigenvalue weighted by Gasteiger charge is -2.32. The van der Waals surface area contributed by atoms with E-state index >= 15 is 4.39 Å². The molecule has 0 spiro atoms. The number of nitrogens with zero attached hydrogens (tertiary/aromatic N) is 3. The standard InChI is InChI=1S/C31H33BF2N4O5S/c1-30(2)31(3,4)43-32(42-30)23-12-5-18(15-24(23)34)13-14-38(44(40)41)26-17-37-25(16-22(26)19-6-7-19)27(29(35)39)28(36-37)20-8-10-21(33)11-9-20/h5,8-12,15-17,19H,6-7,13-14H2,1-4H3,(H2,35,39)(H,40,41)/p-1. The van der Waals surface area contributed by atoms with Gasteiger partial charge in [-0.15, -0.1) is 0 Å². The third-order valence-corrected chi connectivity index (χ3v) is 9.52. The zero-order chi connectivity index (χ0) is 31.6. The number of fused-ring (bicyclic) bond motifs is 1. The lowest BCUT2D eigenvalue weighted by molar-refractivity contribution is 0.00578. The Kier molecular flexibility index (Phi) is 7.64. The molecule has 1 saturated heterocycles. The second kappa shape index (κ2) is 11.1. The molecular formula is C31H32BF2N4O5S-. The quantitative estimate of drug-likeness (QED) is 0.219. The van der Waals surface area contributed by atoms with Crippen molar-refractivity contribution < 1.29 is 31.6 Å². The van der Waals surface area contributed by atoms with Crippen LogP contribution in [0.5, 0.6) is 0 Å². The molecule has 1 unspecified atom stereocenters. The van der Waals surface area contributed by atoms with Gasteiger partial charge in [-0.25, -0.2) is 13.3 Å². The van der Waals surface area contributed by atoms with Gasteiger partial charge in [0.1, 0.15) is 17.3 Å². The topological polar surface area (TPSA) is 122 Å². The van der Waals surface area contributed by atoms with Crippen LogP contribution in [0.4, 0.5) is 14.5 Å². The third-order valence-electron chi connectivity index (χ3n) is 8.79. The summed E-state index contributed by atoms with van der Waals surface area (Å²) in [7, 11) is -0.855. The first-order valence-corrected chi connectivity index (χ1v) is 15.4. The van der Waals surface area contributed by atoms with Gasteiger partial charge in [0.05, 0.1) is 34.2 Å². The molecule has 0 radical (unpaired) electrons. The number of rotatable bonds is 9. The van der Waals surface area contributed by atoms with Gasteiger partial charge < -0.3 is 23.9 Å². The Balaban J connectivity index is 1.31. The van der Waals surface area contributed by atoms with Crippen LogP contribution in [-0.4, -0.2) is 49.1 Å². The van der Waals surface area contributed by atoms with Crippen LogP contribution in [0.1, 0.15) is 67.9 Å². The van der Waals surface area contributed by atoms with Gasteiger partial charge in [-0.3, -0.25) is 9.00 Å². The normalized spacial score (nSPS) is 18.1. The molecule has 1 saturated carbocycles. The number of benzene rings is 2. The smallest absolute Gasteiger partial charge is 0.497 e. The van der Waals surface area contributed by atoms with Crippen LogP contribution in [0.3, 0.4) is 0 Å². The summed E-state index contributed by atoms with van der Waals surface area (Å²) < 4.78 is 68.6. The molecule has 13 heteroatoms. The number of aromatic nitrogens is 2. The van der Waals surface area contributed by atoms with Crippen molar-refractivity contribution in [1.29, 1.82) is 0 Å². The fraction of sp³-hybridized carbons (Fsp3) is 0.355. The summed E-state index contributed by atoms with van der Waals surface area (Å²) in [6, 6.07) is 12.0. The van der Waals surface area contributed by atoms with Crippen molar-refractivity contribution in [3.63, 3.8) is 0 Å². The number of carbonyl (C=O) groups excluding carboxylic acids is 1. The predicted octanol–water partition coefficient (Wildman–Crippen LogP) is 4.40. The molecule has 2 aromatic carbocycles. The molecular weight excluding hydrogens is 589 g/mol. The van der Waals surface area contributed by atoms with E-state index in [0.29, 0.717) is 22.3 Å². The van der Waals surface area contributed by atoms with Crippen LogP contribution in [-0.2, 0) is 27.0 Å². The number of anilines is 1. The first-order chi connectivity index (χ1) is 20.8. The van der Waals surface area contributed by atoms with Gasteiger partial charge in [-0.2, -0.15) is 5.10 Å². The second-order valence-corrected chi connectivity index (χ2v) is 13.2. The van der Waals surface area contributed by atoms with E-state index in [4.69, 9.17) is 15.0 Å². The molecule has 230 valence electrons. The fourth-order valence-electron chi connectivity index (χ4n) is 5.47. The largest absolute Gasteiger partial charge is 0.755 e. The minimum absolute atomic E-state index is 0.0331. The maximum Gasteiger partial charge on any atom is 0.497 e. The molecule has 1 aliphatic carbocycles. The molecule has 0 bridgehead atoms. The van der Waals surface area contributed by atoms with Crippen molar-refractivity contribution in [2.75, 3.05) is 10.8 Å². The summed E-state index contributed by atoms with van der Waals surface area (Å²) in [5.41, 5.74) is 7.91. The summed E-state index contributed by atoms with van der Waals surface area (Å²) in [6.07, 6.45) is 3.52. The monoisotopic (exact) mass is 621 g/mol. The average molecular weight is 621 g/mol. The van der Waals surface area contributed by atoms with E-state index in [-0.39, 0.29) is 35.6 Å². The van der Waals surface area contributed by atoms with E-state index in [9.17, 15) is 17.9 Å². The number of pyridine rings is 1. The molecule has 2 N–H and O–H groups in total. The van der Waals surface area contributed by atoms with Crippen molar-refractivity contribution in [2.24, 2.45) is 5.73 Å². The van der Waals surface area contributed by atoms with Gasteiger partial charge in [0.15, 0.2) is 0 Å². The van der Waals surface area contributed by atoms with E-state index in [2.05, 4.69) is 5.10 Å². The van der Waals surface area contributed by atoms with Crippen LogP contribution in [0, 0.1) is 11.6 Å². The SMILES string of the molecule is CC1(C)OB(c2ccc(CCN(c3cn4nc(-c5ccc(F)cc5)c(C(N)=O)c4cc3C3CC3)S(=O)[O-])cc2F)OC1(C)C. The van der Waals surface area contributed by atoms with E-state index < -0.39 is 47.1 Å². The minimum Gasteiger partial charge on any atom is -0.755 e. The number of carbonyl (C=O) groups is 1. The summed E-state index contributed by atoms with van der Waals surface area (Å²) in [6.45, 7) is 7.61. The Hall–Kier alpha value is -3.65. The van der Waals surface area contributed by atoms with Gasteiger partial charge in [0.25, 0.3) is 5.91 Å². The zero-order valence-corrected chi connectivity index (χ0v) is 25.6. The average Bonchev–Trinajstić information content (AvgIpc) is 3.67. The number of nitrogens with two attached hydrogens (primary N) is 1. The maximum atomic E-state index is 15.3. The predicted molar refractivity (Wildman–Crippen MR) is 163 cm³/mol. The van der Waals surface area contributed by atoms with E-state index in [0.717, 1.165) is 18.4 Å². The fourth-order valence-corrected chi connectivity index (χ4v) is 6.03. The molecule has 9 nitrogen and oxygen atoms in total. The Labute approximate surface area is 256 Å². The zero-order valence-electron chi connectivity index (χ0n) is 24.8. The molecule has 44 heavy (non-hydrogen) atoms. The summed E-state index contributed by atoms with van der Waals surface area (Å²) >= 11 is -2.67. The lowest BCUT2D eigenvalue weighted by atomic mass is 9.78. The number of hydrogen-bond acceptors (Lipinski definition) is 6. The first kappa shape index (κ1) is 30.4. The van der Waals surface area contributed by atoms with E-state index in [1.165, 1.54) is 39.2 Å². The molecule has 3 heterocycles. The molecule has 6 rings (SSSR count).